The Balaban J connectivity index is 1.88. The van der Waals surface area contributed by atoms with E-state index in [0.717, 1.165) is 24.2 Å². The first-order valence-corrected chi connectivity index (χ1v) is 7.97. The van der Waals surface area contributed by atoms with Crippen LogP contribution in [0.15, 0.2) is 48.5 Å². The van der Waals surface area contributed by atoms with Crippen LogP contribution in [0.4, 0.5) is 16.2 Å². The Morgan fingerprint density at radius 1 is 0.818 bits per heavy atom. The third kappa shape index (κ3) is 4.92. The Kier molecular flexibility index (Phi) is 6.01. The molecule has 0 saturated heterocycles. The molecule has 0 aliphatic heterocycles. The minimum Gasteiger partial charge on any atom is -0.308 e. The molecule has 0 unspecified atom stereocenters. The van der Waals surface area contributed by atoms with Gasteiger partial charge in [-0.1, -0.05) is 44.5 Å². The lowest BCUT2D eigenvalue weighted by Gasteiger charge is -2.09. The largest absolute Gasteiger partial charge is 0.323 e. The van der Waals surface area contributed by atoms with E-state index < -0.39 is 0 Å². The van der Waals surface area contributed by atoms with Crippen molar-refractivity contribution >= 4 is 17.4 Å². The fourth-order valence-corrected chi connectivity index (χ4v) is 2.25. The predicted octanol–water partition coefficient (Wildman–Crippen LogP) is 5.24. The van der Waals surface area contributed by atoms with Crippen LogP contribution in [0.3, 0.4) is 0 Å². The summed E-state index contributed by atoms with van der Waals surface area (Å²) in [5.74, 6) is 0. The third-order valence-electron chi connectivity index (χ3n) is 3.65. The molecule has 2 amide bonds. The van der Waals surface area contributed by atoms with Crippen LogP contribution in [0.2, 0.25) is 0 Å². The summed E-state index contributed by atoms with van der Waals surface area (Å²) in [5.41, 5.74) is 4.17. The van der Waals surface area contributed by atoms with Crippen LogP contribution in [-0.2, 0) is 12.8 Å². The quantitative estimate of drug-likeness (QED) is 0.752. The van der Waals surface area contributed by atoms with Crippen molar-refractivity contribution in [2.45, 2.75) is 39.5 Å². The van der Waals surface area contributed by atoms with Gasteiger partial charge in [0.1, 0.15) is 0 Å². The second kappa shape index (κ2) is 8.23. The average molecular weight is 296 g/mol. The number of unbranched alkanes of at least 4 members (excludes halogenated alkanes) is 1. The molecule has 0 fully saturated rings. The number of nitrogens with one attached hydrogen (secondary N) is 2. The van der Waals surface area contributed by atoms with E-state index in [4.69, 9.17) is 0 Å². The molecule has 2 aromatic carbocycles. The van der Waals surface area contributed by atoms with Crippen molar-refractivity contribution in [2.24, 2.45) is 0 Å². The van der Waals surface area contributed by atoms with Gasteiger partial charge in [0.15, 0.2) is 0 Å². The highest BCUT2D eigenvalue weighted by atomic mass is 16.2. The second-order valence-corrected chi connectivity index (χ2v) is 5.43. The molecule has 0 saturated carbocycles. The van der Waals surface area contributed by atoms with E-state index in [0.29, 0.717) is 0 Å². The van der Waals surface area contributed by atoms with E-state index in [2.05, 4.69) is 36.6 Å². The number of benzene rings is 2. The van der Waals surface area contributed by atoms with Crippen LogP contribution in [0.5, 0.6) is 0 Å². The summed E-state index contributed by atoms with van der Waals surface area (Å²) in [6.45, 7) is 4.30. The van der Waals surface area contributed by atoms with Crippen molar-refractivity contribution in [3.63, 3.8) is 0 Å². The third-order valence-corrected chi connectivity index (χ3v) is 3.65. The summed E-state index contributed by atoms with van der Waals surface area (Å²) in [4.78, 5) is 12.0. The van der Waals surface area contributed by atoms with Crippen molar-refractivity contribution < 1.29 is 4.79 Å². The van der Waals surface area contributed by atoms with E-state index in [9.17, 15) is 4.79 Å². The summed E-state index contributed by atoms with van der Waals surface area (Å²) in [6, 6.07) is 15.7. The number of urea groups is 1. The first-order chi connectivity index (χ1) is 10.7. The van der Waals surface area contributed by atoms with Crippen LogP contribution >= 0.6 is 0 Å². The molecule has 0 aliphatic carbocycles. The lowest BCUT2D eigenvalue weighted by Crippen LogP contribution is -2.19. The average Bonchev–Trinajstić information content (AvgIpc) is 2.55. The summed E-state index contributed by atoms with van der Waals surface area (Å²) in [5, 5.41) is 5.69. The van der Waals surface area contributed by atoms with Gasteiger partial charge in [-0.15, -0.1) is 0 Å². The Hall–Kier alpha value is -2.29. The van der Waals surface area contributed by atoms with E-state index in [1.807, 2.05) is 36.4 Å². The summed E-state index contributed by atoms with van der Waals surface area (Å²) in [7, 11) is 0. The number of anilines is 2. The number of amides is 2. The minimum absolute atomic E-state index is 0.217. The molecular weight excluding hydrogens is 272 g/mol. The standard InChI is InChI=1S/C19H24N2O/c1-3-5-6-16-9-13-18(14-10-16)21-19(22)20-17-11-7-15(4-2)8-12-17/h7-14H,3-6H2,1-2H3,(H2,20,21,22). The van der Waals surface area contributed by atoms with E-state index in [1.165, 1.54) is 24.0 Å². The van der Waals surface area contributed by atoms with Crippen LogP contribution in [0.25, 0.3) is 0 Å². The maximum absolute atomic E-state index is 12.0. The SMILES string of the molecule is CCCCc1ccc(NC(=O)Nc2ccc(CC)cc2)cc1. The van der Waals surface area contributed by atoms with Crippen molar-refractivity contribution in [1.82, 2.24) is 0 Å². The predicted molar refractivity (Wildman–Crippen MR) is 93.5 cm³/mol. The Bertz CT molecular complexity index is 588. The van der Waals surface area contributed by atoms with Crippen LogP contribution < -0.4 is 10.6 Å². The summed E-state index contributed by atoms with van der Waals surface area (Å²) < 4.78 is 0. The molecular formula is C19H24N2O. The highest BCUT2D eigenvalue weighted by molar-refractivity contribution is 5.99. The highest BCUT2D eigenvalue weighted by Gasteiger charge is 2.03. The molecule has 3 nitrogen and oxygen atoms in total. The van der Waals surface area contributed by atoms with Gasteiger partial charge in [0, 0.05) is 11.4 Å². The zero-order chi connectivity index (χ0) is 15.8. The smallest absolute Gasteiger partial charge is 0.308 e. The van der Waals surface area contributed by atoms with Gasteiger partial charge in [0.2, 0.25) is 0 Å². The van der Waals surface area contributed by atoms with Gasteiger partial charge >= 0.3 is 6.03 Å². The minimum atomic E-state index is -0.217. The van der Waals surface area contributed by atoms with Gasteiger partial charge in [-0.2, -0.15) is 0 Å². The van der Waals surface area contributed by atoms with Crippen molar-refractivity contribution in [1.29, 1.82) is 0 Å². The first kappa shape index (κ1) is 16.1. The van der Waals surface area contributed by atoms with E-state index in [1.54, 1.807) is 0 Å². The molecule has 116 valence electrons. The topological polar surface area (TPSA) is 41.1 Å². The maximum atomic E-state index is 12.0. The Morgan fingerprint density at radius 3 is 1.77 bits per heavy atom. The molecule has 0 atom stereocenters. The molecule has 0 aromatic heterocycles. The zero-order valence-corrected chi connectivity index (χ0v) is 13.4. The molecule has 22 heavy (non-hydrogen) atoms. The molecule has 2 N–H and O–H groups in total. The van der Waals surface area contributed by atoms with Gasteiger partial charge < -0.3 is 10.6 Å². The van der Waals surface area contributed by atoms with Gasteiger partial charge in [-0.3, -0.25) is 0 Å². The molecule has 0 spiro atoms. The molecule has 0 aliphatic rings. The molecule has 2 rings (SSSR count). The van der Waals surface area contributed by atoms with Crippen molar-refractivity contribution in [3.8, 4) is 0 Å². The maximum Gasteiger partial charge on any atom is 0.323 e. The second-order valence-electron chi connectivity index (χ2n) is 5.43. The molecule has 3 heteroatoms. The number of hydrogen-bond donors (Lipinski definition) is 2. The molecule has 0 radical (unpaired) electrons. The summed E-state index contributed by atoms with van der Waals surface area (Å²) >= 11 is 0. The van der Waals surface area contributed by atoms with Crippen LogP contribution in [0.1, 0.15) is 37.8 Å². The Labute approximate surface area is 132 Å². The monoisotopic (exact) mass is 296 g/mol. The number of rotatable bonds is 6. The van der Waals surface area contributed by atoms with Crippen LogP contribution in [-0.4, -0.2) is 6.03 Å². The van der Waals surface area contributed by atoms with Crippen LogP contribution in [0, 0.1) is 0 Å². The number of carbonyl (C=O) groups is 1. The fraction of sp³-hybridized carbons (Fsp3) is 0.316. The van der Waals surface area contributed by atoms with E-state index in [-0.39, 0.29) is 6.03 Å². The number of hydrogen-bond acceptors (Lipinski definition) is 1. The number of aryl methyl sites for hydroxylation is 2. The fourth-order valence-electron chi connectivity index (χ4n) is 2.25. The van der Waals surface area contributed by atoms with Gasteiger partial charge in [-0.05, 0) is 54.7 Å². The zero-order valence-electron chi connectivity index (χ0n) is 13.4. The highest BCUT2D eigenvalue weighted by Crippen LogP contribution is 2.13. The summed E-state index contributed by atoms with van der Waals surface area (Å²) in [6.07, 6.45) is 4.48. The first-order valence-electron chi connectivity index (χ1n) is 7.97. The van der Waals surface area contributed by atoms with Gasteiger partial charge in [-0.25, -0.2) is 4.79 Å². The molecule has 0 bridgehead atoms. The lowest BCUT2D eigenvalue weighted by molar-refractivity contribution is 0.262. The lowest BCUT2D eigenvalue weighted by atomic mass is 10.1. The normalized spacial score (nSPS) is 10.3. The molecule has 2 aromatic rings. The van der Waals surface area contributed by atoms with Gasteiger partial charge in [0.25, 0.3) is 0 Å². The Morgan fingerprint density at radius 2 is 1.32 bits per heavy atom. The van der Waals surface area contributed by atoms with Crippen molar-refractivity contribution in [3.05, 3.63) is 59.7 Å². The molecule has 0 heterocycles. The van der Waals surface area contributed by atoms with E-state index >= 15 is 0 Å². The number of carbonyl (C=O) groups excluding carboxylic acids is 1. The van der Waals surface area contributed by atoms with Gasteiger partial charge in [0.05, 0.1) is 0 Å². The van der Waals surface area contributed by atoms with Crippen molar-refractivity contribution in [2.75, 3.05) is 10.6 Å².